The van der Waals surface area contributed by atoms with Crippen molar-refractivity contribution in [2.24, 2.45) is 0 Å². The summed E-state index contributed by atoms with van der Waals surface area (Å²) in [6.45, 7) is 4.51. The number of quaternary nitrogens is 1. The zero-order valence-corrected chi connectivity index (χ0v) is 52.4. The average molecular weight is 1130 g/mol. The summed E-state index contributed by atoms with van der Waals surface area (Å²) in [7, 11) is 5.92. The standard InChI is InChI=1S/C72H119NO8/c1-6-8-10-12-14-16-18-20-22-24-26-28-30-31-32-33-34-35-36-37-38-39-41-43-45-47-49-51-53-55-57-59-61-63-70(75)81-68(67-80-72(71(76)77)78-65-64-73(3,4)5)66-79-69(74)62-60-58-56-54-52-50-48-46-44-42-40-29-27-25-23-21-19-17-15-13-11-9-7-2/h8-11,14-17,20-23,26-29,31-32,34-35,37-38,68,72H,6-7,12-13,18-19,24-25,30,33,36,39-67H2,1-5H3/b10-8-,11-9-,16-14-,17-15-,22-20-,23-21-,28-26-,29-27-,32-31-,35-34-,38-37-. The van der Waals surface area contributed by atoms with Crippen molar-refractivity contribution in [3.05, 3.63) is 134 Å². The summed E-state index contributed by atoms with van der Waals surface area (Å²) in [5.74, 6) is -2.30. The summed E-state index contributed by atoms with van der Waals surface area (Å²) in [5, 5.41) is 11.8. The number of carboxylic acid groups (broad SMARTS) is 1. The number of carbonyl (C=O) groups is 3. The molecule has 0 amide bonds. The molecular weight excluding hydrogens is 1010 g/mol. The van der Waals surface area contributed by atoms with Gasteiger partial charge in [-0.25, -0.2) is 0 Å². The largest absolute Gasteiger partial charge is 0.545 e. The molecule has 2 atom stereocenters. The molecule has 0 spiro atoms. The molecule has 0 aliphatic heterocycles. The Morgan fingerprint density at radius 2 is 0.667 bits per heavy atom. The van der Waals surface area contributed by atoms with Crippen molar-refractivity contribution in [2.75, 3.05) is 47.5 Å². The lowest BCUT2D eigenvalue weighted by Gasteiger charge is -2.26. The van der Waals surface area contributed by atoms with Crippen molar-refractivity contribution in [1.82, 2.24) is 0 Å². The molecule has 2 unspecified atom stereocenters. The Morgan fingerprint density at radius 3 is 0.988 bits per heavy atom. The highest BCUT2D eigenvalue weighted by atomic mass is 16.7. The number of carbonyl (C=O) groups excluding carboxylic acids is 3. The summed E-state index contributed by atoms with van der Waals surface area (Å²) >= 11 is 0. The van der Waals surface area contributed by atoms with Gasteiger partial charge in [0, 0.05) is 12.8 Å². The second-order valence-corrected chi connectivity index (χ2v) is 22.3. The van der Waals surface area contributed by atoms with Gasteiger partial charge >= 0.3 is 11.9 Å². The van der Waals surface area contributed by atoms with Gasteiger partial charge in [-0.05, 0) is 109 Å². The van der Waals surface area contributed by atoms with E-state index in [4.69, 9.17) is 18.9 Å². The minimum atomic E-state index is -1.63. The number of allylic oxidation sites excluding steroid dienone is 22. The Morgan fingerprint density at radius 1 is 0.370 bits per heavy atom. The first kappa shape index (κ1) is 76.4. The fraction of sp³-hybridized carbons (Fsp3) is 0.653. The second kappa shape index (κ2) is 61.5. The Labute approximate surface area is 497 Å². The molecule has 0 heterocycles. The number of carboxylic acids is 1. The third-order valence-corrected chi connectivity index (χ3v) is 13.4. The molecule has 0 rings (SSSR count). The highest BCUT2D eigenvalue weighted by Crippen LogP contribution is 2.16. The molecule has 0 bridgehead atoms. The van der Waals surface area contributed by atoms with Crippen molar-refractivity contribution < 1.29 is 42.9 Å². The third kappa shape index (κ3) is 62.9. The first-order valence-corrected chi connectivity index (χ1v) is 32.3. The van der Waals surface area contributed by atoms with Crippen LogP contribution in [0.25, 0.3) is 0 Å². The van der Waals surface area contributed by atoms with Crippen molar-refractivity contribution in [1.29, 1.82) is 0 Å². The van der Waals surface area contributed by atoms with Crippen LogP contribution in [0, 0.1) is 0 Å². The Hall–Kier alpha value is -4.57. The molecule has 81 heavy (non-hydrogen) atoms. The number of ether oxygens (including phenoxy) is 4. The lowest BCUT2D eigenvalue weighted by molar-refractivity contribution is -0.870. The molecule has 0 saturated heterocycles. The summed E-state index contributed by atoms with van der Waals surface area (Å²) in [6.07, 6.45) is 85.1. The predicted molar refractivity (Wildman–Crippen MR) is 343 cm³/mol. The monoisotopic (exact) mass is 1130 g/mol. The van der Waals surface area contributed by atoms with Crippen molar-refractivity contribution >= 4 is 17.9 Å². The Bertz CT molecular complexity index is 1790. The quantitative estimate of drug-likeness (QED) is 0.0195. The van der Waals surface area contributed by atoms with Crippen molar-refractivity contribution in [3.63, 3.8) is 0 Å². The van der Waals surface area contributed by atoms with Gasteiger partial charge in [0.05, 0.1) is 40.3 Å². The zero-order chi connectivity index (χ0) is 59.1. The molecule has 0 N–H and O–H groups in total. The second-order valence-electron chi connectivity index (χ2n) is 22.3. The average Bonchev–Trinajstić information content (AvgIpc) is 3.44. The maximum atomic E-state index is 12.9. The molecule has 0 fully saturated rings. The molecule has 9 nitrogen and oxygen atoms in total. The van der Waals surface area contributed by atoms with Gasteiger partial charge in [-0.2, -0.15) is 0 Å². The predicted octanol–water partition coefficient (Wildman–Crippen LogP) is 18.5. The van der Waals surface area contributed by atoms with Crippen LogP contribution in [-0.4, -0.2) is 82.3 Å². The number of esters is 2. The first-order valence-electron chi connectivity index (χ1n) is 32.3. The molecule has 0 aromatic rings. The van der Waals surface area contributed by atoms with Crippen LogP contribution >= 0.6 is 0 Å². The lowest BCUT2D eigenvalue weighted by atomic mass is 10.0. The van der Waals surface area contributed by atoms with E-state index in [2.05, 4.69) is 148 Å². The first-order chi connectivity index (χ1) is 39.6. The highest BCUT2D eigenvalue weighted by Gasteiger charge is 2.22. The summed E-state index contributed by atoms with van der Waals surface area (Å²) in [5.41, 5.74) is 0. The number of hydrogen-bond acceptors (Lipinski definition) is 8. The number of likely N-dealkylation sites (N-methyl/N-ethyl adjacent to an activating group) is 1. The zero-order valence-electron chi connectivity index (χ0n) is 52.4. The molecule has 460 valence electrons. The maximum Gasteiger partial charge on any atom is 0.306 e. The Balaban J connectivity index is 4.21. The summed E-state index contributed by atoms with van der Waals surface area (Å²) < 4.78 is 22.8. The van der Waals surface area contributed by atoms with Crippen LogP contribution in [0.5, 0.6) is 0 Å². The molecule has 0 aliphatic carbocycles. The van der Waals surface area contributed by atoms with Crippen LogP contribution in [0.2, 0.25) is 0 Å². The highest BCUT2D eigenvalue weighted by molar-refractivity contribution is 5.70. The SMILES string of the molecule is CC/C=C\C/C=C\C/C=C\C/C=C\C/C=C\C/C=C\C/C=C\CCCCCCCCCCCCCC(=O)OC(COC(=O)CCCCCCCCCCCC/C=C\C/C=C\C/C=C\C/C=C\CC)COC(OCC[N+](C)(C)C)C(=O)[O-]. The van der Waals surface area contributed by atoms with Crippen LogP contribution in [0.1, 0.15) is 245 Å². The van der Waals surface area contributed by atoms with Crippen molar-refractivity contribution in [2.45, 2.75) is 257 Å². The van der Waals surface area contributed by atoms with Gasteiger partial charge in [0.2, 0.25) is 0 Å². The minimum absolute atomic E-state index is 0.140. The number of aliphatic carboxylic acids is 1. The Kier molecular flexibility index (Phi) is 58.0. The molecular formula is C72H119NO8. The fourth-order valence-electron chi connectivity index (χ4n) is 8.51. The number of unbranched alkanes of at least 4 members (excludes halogenated alkanes) is 21. The van der Waals surface area contributed by atoms with E-state index >= 15 is 0 Å². The van der Waals surface area contributed by atoms with Crippen LogP contribution in [0.4, 0.5) is 0 Å². The molecule has 0 aliphatic rings. The summed E-state index contributed by atoms with van der Waals surface area (Å²) in [6, 6.07) is 0. The van der Waals surface area contributed by atoms with Gasteiger partial charge in [-0.1, -0.05) is 257 Å². The van der Waals surface area contributed by atoms with Gasteiger partial charge in [0.25, 0.3) is 0 Å². The number of rotatable bonds is 58. The van der Waals surface area contributed by atoms with Crippen LogP contribution in [-0.2, 0) is 33.3 Å². The van der Waals surface area contributed by atoms with Crippen molar-refractivity contribution in [3.8, 4) is 0 Å². The number of hydrogen-bond donors (Lipinski definition) is 0. The van der Waals surface area contributed by atoms with E-state index in [9.17, 15) is 19.5 Å². The summed E-state index contributed by atoms with van der Waals surface area (Å²) in [4.78, 5) is 37.4. The molecule has 9 heteroatoms. The third-order valence-electron chi connectivity index (χ3n) is 13.4. The molecule has 0 saturated carbocycles. The van der Waals surface area contributed by atoms with Crippen LogP contribution in [0.15, 0.2) is 134 Å². The number of nitrogens with zero attached hydrogens (tertiary/aromatic N) is 1. The lowest BCUT2D eigenvalue weighted by Crippen LogP contribution is -2.44. The van der Waals surface area contributed by atoms with E-state index in [0.717, 1.165) is 128 Å². The van der Waals surface area contributed by atoms with Gasteiger partial charge < -0.3 is 33.3 Å². The van der Waals surface area contributed by atoms with Gasteiger partial charge in [0.15, 0.2) is 12.4 Å². The van der Waals surface area contributed by atoms with E-state index in [1.807, 2.05) is 21.1 Å². The van der Waals surface area contributed by atoms with E-state index in [0.29, 0.717) is 17.4 Å². The van der Waals surface area contributed by atoms with Gasteiger partial charge in [-0.3, -0.25) is 9.59 Å². The van der Waals surface area contributed by atoms with Crippen LogP contribution in [0.3, 0.4) is 0 Å². The van der Waals surface area contributed by atoms with E-state index < -0.39 is 24.3 Å². The smallest absolute Gasteiger partial charge is 0.306 e. The van der Waals surface area contributed by atoms with E-state index in [-0.39, 0.29) is 38.6 Å². The molecule has 0 aromatic carbocycles. The van der Waals surface area contributed by atoms with Gasteiger partial charge in [-0.15, -0.1) is 0 Å². The normalized spacial score (nSPS) is 13.6. The molecule has 0 aromatic heterocycles. The van der Waals surface area contributed by atoms with Crippen LogP contribution < -0.4 is 5.11 Å². The maximum absolute atomic E-state index is 12.9. The fourth-order valence-corrected chi connectivity index (χ4v) is 8.51. The van der Waals surface area contributed by atoms with Gasteiger partial charge in [0.1, 0.15) is 13.2 Å². The van der Waals surface area contributed by atoms with E-state index in [1.165, 1.54) is 83.5 Å². The van der Waals surface area contributed by atoms with E-state index in [1.54, 1.807) is 0 Å². The topological polar surface area (TPSA) is 111 Å². The molecule has 0 radical (unpaired) electrons. The minimum Gasteiger partial charge on any atom is -0.545 e.